The summed E-state index contributed by atoms with van der Waals surface area (Å²) in [7, 11) is 0. The molecule has 1 amide bonds. The van der Waals surface area contributed by atoms with Crippen LogP contribution in [0.15, 0.2) is 18.2 Å². The smallest absolute Gasteiger partial charge is 0.254 e. The van der Waals surface area contributed by atoms with Crippen molar-refractivity contribution >= 4 is 28.5 Å². The lowest BCUT2D eigenvalue weighted by atomic mass is 10.1. The minimum atomic E-state index is 0.121. The van der Waals surface area contributed by atoms with Gasteiger partial charge in [-0.05, 0) is 54.1 Å². The van der Waals surface area contributed by atoms with Gasteiger partial charge < -0.3 is 9.64 Å². The Morgan fingerprint density at radius 2 is 2.29 bits per heavy atom. The first-order valence-electron chi connectivity index (χ1n) is 5.75. The van der Waals surface area contributed by atoms with Gasteiger partial charge in [0.2, 0.25) is 0 Å². The molecule has 1 fully saturated rings. The predicted octanol–water partition coefficient (Wildman–Crippen LogP) is 2.46. The summed E-state index contributed by atoms with van der Waals surface area (Å²) in [5, 5.41) is 0. The Labute approximate surface area is 115 Å². The van der Waals surface area contributed by atoms with E-state index in [1.165, 1.54) is 0 Å². The number of morpholine rings is 1. The van der Waals surface area contributed by atoms with Gasteiger partial charge in [0.1, 0.15) is 0 Å². The lowest BCUT2D eigenvalue weighted by molar-refractivity contribution is -0.0124. The third-order valence-corrected chi connectivity index (χ3v) is 3.63. The van der Waals surface area contributed by atoms with Crippen LogP contribution in [0.4, 0.5) is 0 Å². The standard InChI is InChI=1S/C13H16INO2/c1-9-3-4-11(14)7-12(9)13(16)15-5-6-17-10(2)8-15/h3-4,7,10H,5-6,8H2,1-2H3/t10-/m0/s1. The second-order valence-corrected chi connectivity index (χ2v) is 5.64. The third kappa shape index (κ3) is 2.98. The number of amides is 1. The number of benzene rings is 1. The van der Waals surface area contributed by atoms with Gasteiger partial charge in [0.25, 0.3) is 5.91 Å². The number of nitrogens with zero attached hydrogens (tertiary/aromatic N) is 1. The molecule has 0 spiro atoms. The minimum Gasteiger partial charge on any atom is -0.375 e. The molecule has 0 radical (unpaired) electrons. The van der Waals surface area contributed by atoms with Crippen LogP contribution in [0, 0.1) is 10.5 Å². The Morgan fingerprint density at radius 3 is 3.00 bits per heavy atom. The minimum absolute atomic E-state index is 0.121. The number of halogens is 1. The molecule has 0 aromatic heterocycles. The van der Waals surface area contributed by atoms with Crippen molar-refractivity contribution in [1.82, 2.24) is 4.90 Å². The number of aryl methyl sites for hydroxylation is 1. The Morgan fingerprint density at radius 1 is 1.53 bits per heavy atom. The van der Waals surface area contributed by atoms with Crippen LogP contribution < -0.4 is 0 Å². The van der Waals surface area contributed by atoms with Crippen LogP contribution in [-0.2, 0) is 4.74 Å². The Bertz CT molecular complexity index is 433. The monoisotopic (exact) mass is 345 g/mol. The first kappa shape index (κ1) is 12.8. The maximum absolute atomic E-state index is 12.4. The molecule has 1 heterocycles. The zero-order chi connectivity index (χ0) is 12.4. The van der Waals surface area contributed by atoms with Crippen molar-refractivity contribution in [2.75, 3.05) is 19.7 Å². The topological polar surface area (TPSA) is 29.5 Å². The van der Waals surface area contributed by atoms with Crippen molar-refractivity contribution in [2.45, 2.75) is 20.0 Å². The highest BCUT2D eigenvalue weighted by Crippen LogP contribution is 2.17. The molecule has 0 aliphatic carbocycles. The van der Waals surface area contributed by atoms with E-state index in [1.807, 2.05) is 36.9 Å². The lowest BCUT2D eigenvalue weighted by Crippen LogP contribution is -2.44. The second kappa shape index (κ2) is 5.35. The van der Waals surface area contributed by atoms with Crippen LogP contribution in [0.3, 0.4) is 0 Å². The molecule has 17 heavy (non-hydrogen) atoms. The van der Waals surface area contributed by atoms with Crippen molar-refractivity contribution in [1.29, 1.82) is 0 Å². The molecule has 0 unspecified atom stereocenters. The van der Waals surface area contributed by atoms with Crippen LogP contribution in [-0.4, -0.2) is 36.6 Å². The van der Waals surface area contributed by atoms with Crippen molar-refractivity contribution in [3.63, 3.8) is 0 Å². The van der Waals surface area contributed by atoms with Gasteiger partial charge in [-0.25, -0.2) is 0 Å². The largest absolute Gasteiger partial charge is 0.375 e. The molecule has 1 saturated heterocycles. The van der Waals surface area contributed by atoms with Gasteiger partial charge >= 0.3 is 0 Å². The number of rotatable bonds is 1. The fraction of sp³-hybridized carbons (Fsp3) is 0.462. The van der Waals surface area contributed by atoms with Gasteiger partial charge in [-0.1, -0.05) is 6.07 Å². The molecule has 0 N–H and O–H groups in total. The van der Waals surface area contributed by atoms with Gasteiger partial charge in [0, 0.05) is 22.2 Å². The normalized spacial score (nSPS) is 20.4. The number of ether oxygens (including phenoxy) is 1. The van der Waals surface area contributed by atoms with Crippen LogP contribution in [0.25, 0.3) is 0 Å². The Hall–Kier alpha value is -0.620. The van der Waals surface area contributed by atoms with Crippen LogP contribution in [0.2, 0.25) is 0 Å². The molecule has 1 aliphatic rings. The SMILES string of the molecule is Cc1ccc(I)cc1C(=O)N1CCO[C@@H](C)C1. The van der Waals surface area contributed by atoms with Crippen LogP contribution in [0.5, 0.6) is 0 Å². The molecular weight excluding hydrogens is 329 g/mol. The van der Waals surface area contributed by atoms with E-state index in [9.17, 15) is 4.79 Å². The number of hydrogen-bond acceptors (Lipinski definition) is 2. The summed E-state index contributed by atoms with van der Waals surface area (Å²) in [5.41, 5.74) is 1.85. The fourth-order valence-electron chi connectivity index (χ4n) is 2.00. The predicted molar refractivity (Wildman–Crippen MR) is 75.2 cm³/mol. The molecule has 2 rings (SSSR count). The van der Waals surface area contributed by atoms with E-state index in [2.05, 4.69) is 22.6 Å². The van der Waals surface area contributed by atoms with E-state index in [-0.39, 0.29) is 12.0 Å². The lowest BCUT2D eigenvalue weighted by Gasteiger charge is -2.31. The van der Waals surface area contributed by atoms with Crippen molar-refractivity contribution < 1.29 is 9.53 Å². The second-order valence-electron chi connectivity index (χ2n) is 4.39. The molecule has 1 atom stereocenters. The summed E-state index contributed by atoms with van der Waals surface area (Å²) in [5.74, 6) is 0.121. The Kier molecular flexibility index (Phi) is 4.04. The molecule has 1 aliphatic heterocycles. The zero-order valence-electron chi connectivity index (χ0n) is 10.1. The summed E-state index contributed by atoms with van der Waals surface area (Å²) in [6.07, 6.45) is 0.135. The zero-order valence-corrected chi connectivity index (χ0v) is 12.2. The molecule has 1 aromatic rings. The molecule has 1 aromatic carbocycles. The van der Waals surface area contributed by atoms with Gasteiger partial charge in [-0.2, -0.15) is 0 Å². The molecule has 92 valence electrons. The molecule has 0 saturated carbocycles. The highest BCUT2D eigenvalue weighted by atomic mass is 127. The maximum atomic E-state index is 12.4. The van der Waals surface area contributed by atoms with Crippen molar-refractivity contribution in [3.8, 4) is 0 Å². The van der Waals surface area contributed by atoms with E-state index in [1.54, 1.807) is 0 Å². The maximum Gasteiger partial charge on any atom is 0.254 e. The van der Waals surface area contributed by atoms with E-state index >= 15 is 0 Å². The fourth-order valence-corrected chi connectivity index (χ4v) is 2.49. The van der Waals surface area contributed by atoms with E-state index < -0.39 is 0 Å². The van der Waals surface area contributed by atoms with Gasteiger partial charge in [-0.15, -0.1) is 0 Å². The summed E-state index contributed by atoms with van der Waals surface area (Å²) >= 11 is 2.23. The molecule has 4 heteroatoms. The highest BCUT2D eigenvalue weighted by Gasteiger charge is 2.23. The third-order valence-electron chi connectivity index (χ3n) is 2.96. The first-order chi connectivity index (χ1) is 8.08. The van der Waals surface area contributed by atoms with Gasteiger partial charge in [-0.3, -0.25) is 4.79 Å². The van der Waals surface area contributed by atoms with Gasteiger partial charge in [0.15, 0.2) is 0 Å². The average molecular weight is 345 g/mol. The van der Waals surface area contributed by atoms with Crippen molar-refractivity contribution in [3.05, 3.63) is 32.9 Å². The van der Waals surface area contributed by atoms with E-state index in [0.29, 0.717) is 19.7 Å². The summed E-state index contributed by atoms with van der Waals surface area (Å²) < 4.78 is 6.55. The highest BCUT2D eigenvalue weighted by molar-refractivity contribution is 14.1. The summed E-state index contributed by atoms with van der Waals surface area (Å²) in [6.45, 7) is 5.99. The Balaban J connectivity index is 2.21. The summed E-state index contributed by atoms with van der Waals surface area (Å²) in [4.78, 5) is 14.3. The van der Waals surface area contributed by atoms with Gasteiger partial charge in [0.05, 0.1) is 12.7 Å². The first-order valence-corrected chi connectivity index (χ1v) is 6.83. The number of hydrogen-bond donors (Lipinski definition) is 0. The van der Waals surface area contributed by atoms with E-state index in [4.69, 9.17) is 4.74 Å². The summed E-state index contributed by atoms with van der Waals surface area (Å²) in [6, 6.07) is 5.98. The molecular formula is C13H16INO2. The van der Waals surface area contributed by atoms with Crippen LogP contribution in [0.1, 0.15) is 22.8 Å². The average Bonchev–Trinajstić information content (AvgIpc) is 2.31. The van der Waals surface area contributed by atoms with Crippen molar-refractivity contribution in [2.24, 2.45) is 0 Å². The quantitative estimate of drug-likeness (QED) is 0.732. The number of carbonyl (C=O) groups is 1. The molecule has 0 bridgehead atoms. The molecule has 3 nitrogen and oxygen atoms in total. The van der Waals surface area contributed by atoms with Crippen LogP contribution >= 0.6 is 22.6 Å². The van der Waals surface area contributed by atoms with E-state index in [0.717, 1.165) is 14.7 Å². The number of carbonyl (C=O) groups excluding carboxylic acids is 1.